The Kier molecular flexibility index (Phi) is 2.75. The summed E-state index contributed by atoms with van der Waals surface area (Å²) >= 11 is 0. The number of nitrogens with one attached hydrogen (secondary N) is 1. The van der Waals surface area contributed by atoms with Crippen LogP contribution in [-0.4, -0.2) is 16.0 Å². The topological polar surface area (TPSA) is 37.8 Å². The fourth-order valence-corrected chi connectivity index (χ4v) is 4.24. The largest absolute Gasteiger partial charge is 0.367 e. The zero-order valence-electron chi connectivity index (χ0n) is 11.7. The maximum atomic E-state index is 4.69. The van der Waals surface area contributed by atoms with Crippen molar-refractivity contribution in [3.05, 3.63) is 18.1 Å². The summed E-state index contributed by atoms with van der Waals surface area (Å²) in [4.78, 5) is 9.08. The fraction of sp³-hybridized carbons (Fsp3) is 0.750. The van der Waals surface area contributed by atoms with Crippen LogP contribution in [0.25, 0.3) is 0 Å². The first kappa shape index (κ1) is 11.7. The monoisotopic (exact) mass is 257 g/mol. The van der Waals surface area contributed by atoms with Gasteiger partial charge in [-0.2, -0.15) is 0 Å². The van der Waals surface area contributed by atoms with Gasteiger partial charge in [0.25, 0.3) is 0 Å². The molecule has 2 bridgehead atoms. The minimum absolute atomic E-state index is 0.553. The second-order valence-electron chi connectivity index (χ2n) is 6.85. The van der Waals surface area contributed by atoms with Gasteiger partial charge >= 0.3 is 0 Å². The fourth-order valence-electron chi connectivity index (χ4n) is 4.24. The Morgan fingerprint density at radius 2 is 2.11 bits per heavy atom. The predicted octanol–water partition coefficient (Wildman–Crippen LogP) is 3.59. The van der Waals surface area contributed by atoms with Crippen molar-refractivity contribution in [1.29, 1.82) is 0 Å². The Labute approximate surface area is 115 Å². The molecule has 0 aromatic carbocycles. The van der Waals surface area contributed by atoms with E-state index in [0.717, 1.165) is 29.4 Å². The summed E-state index contributed by atoms with van der Waals surface area (Å²) in [5, 5.41) is 3.64. The molecule has 3 fully saturated rings. The van der Waals surface area contributed by atoms with Crippen molar-refractivity contribution < 1.29 is 0 Å². The highest BCUT2D eigenvalue weighted by Gasteiger charge is 2.41. The second-order valence-corrected chi connectivity index (χ2v) is 6.85. The Balaban J connectivity index is 1.44. The molecule has 1 aromatic rings. The molecule has 0 unspecified atom stereocenters. The van der Waals surface area contributed by atoms with Crippen LogP contribution in [0.4, 0.5) is 5.82 Å². The molecule has 0 amide bonds. The summed E-state index contributed by atoms with van der Waals surface area (Å²) in [6, 6.07) is 2.58. The van der Waals surface area contributed by atoms with Crippen molar-refractivity contribution in [3.63, 3.8) is 0 Å². The molecule has 0 aliphatic heterocycles. The van der Waals surface area contributed by atoms with Crippen molar-refractivity contribution in [2.45, 2.75) is 57.4 Å². The number of rotatable bonds is 4. The van der Waals surface area contributed by atoms with Crippen LogP contribution >= 0.6 is 0 Å². The summed E-state index contributed by atoms with van der Waals surface area (Å²) in [5.74, 6) is 5.57. The molecule has 1 N–H and O–H groups in total. The van der Waals surface area contributed by atoms with Crippen LogP contribution < -0.4 is 5.32 Å². The first-order valence-electron chi connectivity index (χ1n) is 7.89. The molecule has 102 valence electrons. The normalized spacial score (nSPS) is 34.5. The van der Waals surface area contributed by atoms with Gasteiger partial charge in [-0.1, -0.05) is 6.42 Å². The van der Waals surface area contributed by atoms with Gasteiger partial charge in [-0.3, -0.25) is 0 Å². The van der Waals surface area contributed by atoms with Crippen LogP contribution in [0.2, 0.25) is 0 Å². The Morgan fingerprint density at radius 1 is 1.21 bits per heavy atom. The predicted molar refractivity (Wildman–Crippen MR) is 76.0 cm³/mol. The third-order valence-electron chi connectivity index (χ3n) is 5.43. The molecule has 0 saturated heterocycles. The van der Waals surface area contributed by atoms with Gasteiger partial charge in [0.05, 0.1) is 0 Å². The minimum atomic E-state index is 0.553. The van der Waals surface area contributed by atoms with Crippen LogP contribution in [0.5, 0.6) is 0 Å². The Morgan fingerprint density at radius 3 is 2.79 bits per heavy atom. The van der Waals surface area contributed by atoms with E-state index in [0.29, 0.717) is 12.0 Å². The summed E-state index contributed by atoms with van der Waals surface area (Å²) in [7, 11) is 0. The highest BCUT2D eigenvalue weighted by Crippen LogP contribution is 2.49. The summed E-state index contributed by atoms with van der Waals surface area (Å²) in [6.45, 7) is 2.34. The number of hydrogen-bond acceptors (Lipinski definition) is 3. The first-order valence-corrected chi connectivity index (χ1v) is 7.89. The molecule has 0 spiro atoms. The summed E-state index contributed by atoms with van der Waals surface area (Å²) < 4.78 is 0. The van der Waals surface area contributed by atoms with Gasteiger partial charge in [0.15, 0.2) is 0 Å². The number of anilines is 1. The van der Waals surface area contributed by atoms with Gasteiger partial charge < -0.3 is 5.32 Å². The highest BCUT2D eigenvalue weighted by molar-refractivity contribution is 5.35. The molecule has 1 heterocycles. The van der Waals surface area contributed by atoms with E-state index < -0.39 is 0 Å². The lowest BCUT2D eigenvalue weighted by Gasteiger charge is -2.28. The smallest absolute Gasteiger partial charge is 0.133 e. The Bertz CT molecular complexity index is 469. The van der Waals surface area contributed by atoms with Gasteiger partial charge in [-0.15, -0.1) is 0 Å². The third-order valence-corrected chi connectivity index (χ3v) is 5.43. The van der Waals surface area contributed by atoms with Crippen molar-refractivity contribution in [1.82, 2.24) is 9.97 Å². The zero-order chi connectivity index (χ0) is 12.8. The van der Waals surface area contributed by atoms with E-state index in [1.807, 2.05) is 12.3 Å². The molecular formula is C16H23N3. The van der Waals surface area contributed by atoms with E-state index >= 15 is 0 Å². The third kappa shape index (κ3) is 2.24. The average molecular weight is 257 g/mol. The van der Waals surface area contributed by atoms with E-state index in [1.165, 1.54) is 38.5 Å². The number of fused-ring (bicyclic) bond motifs is 2. The quantitative estimate of drug-likeness (QED) is 0.895. The van der Waals surface area contributed by atoms with Crippen molar-refractivity contribution in [2.24, 2.45) is 17.8 Å². The Hall–Kier alpha value is -1.12. The van der Waals surface area contributed by atoms with E-state index in [1.54, 1.807) is 0 Å². The zero-order valence-corrected chi connectivity index (χ0v) is 11.7. The van der Waals surface area contributed by atoms with Gasteiger partial charge in [0, 0.05) is 18.2 Å². The van der Waals surface area contributed by atoms with Crippen LogP contribution in [0.1, 0.15) is 57.2 Å². The molecule has 3 aliphatic rings. The molecule has 4 rings (SSSR count). The second kappa shape index (κ2) is 4.46. The minimum Gasteiger partial charge on any atom is -0.367 e. The van der Waals surface area contributed by atoms with Crippen LogP contribution in [0.3, 0.4) is 0 Å². The van der Waals surface area contributed by atoms with Crippen molar-refractivity contribution in [3.8, 4) is 0 Å². The van der Waals surface area contributed by atoms with E-state index in [4.69, 9.17) is 0 Å². The van der Waals surface area contributed by atoms with E-state index in [2.05, 4.69) is 22.2 Å². The lowest BCUT2D eigenvalue weighted by molar-refractivity contribution is 0.304. The number of nitrogens with zero attached hydrogens (tertiary/aromatic N) is 2. The van der Waals surface area contributed by atoms with Gasteiger partial charge in [-0.25, -0.2) is 9.97 Å². The van der Waals surface area contributed by atoms with Gasteiger partial charge in [-0.05, 0) is 62.8 Å². The summed E-state index contributed by atoms with van der Waals surface area (Å²) in [5.41, 5.74) is 0. The van der Waals surface area contributed by atoms with Crippen molar-refractivity contribution in [2.75, 3.05) is 5.32 Å². The molecule has 4 atom stereocenters. The lowest BCUT2D eigenvalue weighted by Crippen LogP contribution is -2.30. The van der Waals surface area contributed by atoms with Crippen molar-refractivity contribution >= 4 is 5.82 Å². The first-order chi connectivity index (χ1) is 9.29. The van der Waals surface area contributed by atoms with E-state index in [9.17, 15) is 0 Å². The van der Waals surface area contributed by atoms with Crippen LogP contribution in [0.15, 0.2) is 12.3 Å². The molecular weight excluding hydrogens is 234 g/mol. The molecule has 0 radical (unpaired) electrons. The lowest BCUT2D eigenvalue weighted by atomic mass is 9.84. The maximum Gasteiger partial charge on any atom is 0.133 e. The number of aromatic nitrogens is 2. The molecule has 3 heteroatoms. The van der Waals surface area contributed by atoms with Gasteiger partial charge in [0.1, 0.15) is 11.6 Å². The molecule has 19 heavy (non-hydrogen) atoms. The van der Waals surface area contributed by atoms with E-state index in [-0.39, 0.29) is 0 Å². The maximum absolute atomic E-state index is 4.69. The SMILES string of the molecule is C[C@H](Nc1ccnc(C2CC2)n1)[C@@H]1C[C@H]2CC[C@H]1C2. The number of hydrogen-bond donors (Lipinski definition) is 1. The molecule has 3 saturated carbocycles. The average Bonchev–Trinajstić information content (AvgIpc) is 3.07. The molecule has 1 aromatic heterocycles. The standard InChI is InChI=1S/C16H23N3/c1-10(14-9-11-2-3-13(14)8-11)18-15-6-7-17-16(19-15)12-4-5-12/h6-7,10-14H,2-5,8-9H2,1H3,(H,17,18,19)/t10-,11-,13-,14-/m0/s1. The van der Waals surface area contributed by atoms with Gasteiger partial charge in [0.2, 0.25) is 0 Å². The summed E-state index contributed by atoms with van der Waals surface area (Å²) in [6.07, 6.45) is 10.3. The molecule has 3 aliphatic carbocycles. The highest BCUT2D eigenvalue weighted by atomic mass is 15.1. The molecule has 3 nitrogen and oxygen atoms in total. The van der Waals surface area contributed by atoms with Crippen LogP contribution in [0, 0.1) is 17.8 Å². The van der Waals surface area contributed by atoms with Crippen LogP contribution in [-0.2, 0) is 0 Å².